The van der Waals surface area contributed by atoms with Crippen molar-refractivity contribution < 1.29 is 23.9 Å². The van der Waals surface area contributed by atoms with Gasteiger partial charge in [0.2, 0.25) is 5.95 Å². The Morgan fingerprint density at radius 3 is 2.76 bits per heavy atom. The molecule has 0 spiro atoms. The zero-order valence-corrected chi connectivity index (χ0v) is 18.5. The third-order valence-corrected chi connectivity index (χ3v) is 5.20. The number of nitrogens with one attached hydrogen (secondary N) is 1. The highest BCUT2D eigenvalue weighted by Gasteiger charge is 2.26. The van der Waals surface area contributed by atoms with E-state index in [2.05, 4.69) is 25.2 Å². The molecule has 1 saturated heterocycles. The molecule has 0 aliphatic carbocycles. The predicted molar refractivity (Wildman–Crippen MR) is 116 cm³/mol. The second kappa shape index (κ2) is 9.24. The Morgan fingerprint density at radius 1 is 1.27 bits per heavy atom. The van der Waals surface area contributed by atoms with E-state index in [1.54, 1.807) is 29.9 Å². The number of anilines is 2. The van der Waals surface area contributed by atoms with Gasteiger partial charge in [-0.15, -0.1) is 5.10 Å². The number of amides is 2. The maximum Gasteiger partial charge on any atom is 0.325 e. The van der Waals surface area contributed by atoms with Crippen LogP contribution in [0, 0.1) is 0 Å². The fraction of sp³-hybridized carbons (Fsp3) is 0.400. The first-order chi connectivity index (χ1) is 15.9. The number of aryl methyl sites for hydroxylation is 1. The Bertz CT molecular complexity index is 1200. The first-order valence-corrected chi connectivity index (χ1v) is 10.2. The summed E-state index contributed by atoms with van der Waals surface area (Å²) in [7, 11) is 4.24. The summed E-state index contributed by atoms with van der Waals surface area (Å²) >= 11 is 0. The Kier molecular flexibility index (Phi) is 6.22. The molecule has 13 heteroatoms. The molecule has 33 heavy (non-hydrogen) atoms. The smallest absolute Gasteiger partial charge is 0.325 e. The molecule has 3 aromatic heterocycles. The molecule has 2 amide bonds. The van der Waals surface area contributed by atoms with Crippen molar-refractivity contribution in [3.8, 4) is 0 Å². The Balaban J connectivity index is 1.53. The average molecular weight is 456 g/mol. The molecule has 0 bridgehead atoms. The van der Waals surface area contributed by atoms with Crippen molar-refractivity contribution in [3.63, 3.8) is 0 Å². The Hall–Kier alpha value is -4.00. The number of hydrogen-bond acceptors (Lipinski definition) is 9. The first-order valence-electron chi connectivity index (χ1n) is 10.2. The maximum atomic E-state index is 13.0. The highest BCUT2D eigenvalue weighted by molar-refractivity contribution is 6.11. The van der Waals surface area contributed by atoms with Gasteiger partial charge in [0.05, 0.1) is 32.1 Å². The summed E-state index contributed by atoms with van der Waals surface area (Å²) in [5.41, 5.74) is 1.18. The molecule has 1 fully saturated rings. The largest absolute Gasteiger partial charge is 0.468 e. The quantitative estimate of drug-likeness (QED) is 0.500. The number of methoxy groups -OCH3 is 1. The van der Waals surface area contributed by atoms with Gasteiger partial charge in [-0.05, 0) is 6.07 Å². The van der Waals surface area contributed by atoms with Crippen molar-refractivity contribution in [3.05, 3.63) is 35.8 Å². The molecule has 1 aliphatic rings. The van der Waals surface area contributed by atoms with Crippen LogP contribution in [0.25, 0.3) is 5.65 Å². The number of pyridine rings is 1. The number of morpholine rings is 1. The summed E-state index contributed by atoms with van der Waals surface area (Å²) < 4.78 is 12.9. The van der Waals surface area contributed by atoms with Crippen molar-refractivity contribution >= 4 is 35.1 Å². The minimum atomic E-state index is -0.571. The Labute approximate surface area is 188 Å². The first kappa shape index (κ1) is 22.2. The molecule has 0 saturated carbocycles. The van der Waals surface area contributed by atoms with Gasteiger partial charge in [-0.25, -0.2) is 4.52 Å². The number of likely N-dealkylation sites (N-methyl/N-ethyl adjacent to an activating group) is 1. The highest BCUT2D eigenvalue weighted by Crippen LogP contribution is 2.18. The summed E-state index contributed by atoms with van der Waals surface area (Å²) in [6.45, 7) is 2.42. The number of ether oxygens (including phenoxy) is 2. The summed E-state index contributed by atoms with van der Waals surface area (Å²) in [4.78, 5) is 45.0. The molecule has 4 rings (SSSR count). The zero-order chi connectivity index (χ0) is 23.5. The minimum absolute atomic E-state index is 0.0621. The molecule has 4 heterocycles. The van der Waals surface area contributed by atoms with Crippen LogP contribution in [0.2, 0.25) is 0 Å². The van der Waals surface area contributed by atoms with Crippen LogP contribution in [-0.4, -0.2) is 94.1 Å². The van der Waals surface area contributed by atoms with Gasteiger partial charge >= 0.3 is 5.97 Å². The van der Waals surface area contributed by atoms with Crippen molar-refractivity contribution in [1.82, 2.24) is 29.3 Å². The van der Waals surface area contributed by atoms with Gasteiger partial charge in [0.25, 0.3) is 11.8 Å². The second-order valence-electron chi connectivity index (χ2n) is 7.45. The van der Waals surface area contributed by atoms with E-state index in [0.29, 0.717) is 43.6 Å². The fourth-order valence-corrected chi connectivity index (χ4v) is 3.43. The van der Waals surface area contributed by atoms with E-state index in [4.69, 9.17) is 4.74 Å². The summed E-state index contributed by atoms with van der Waals surface area (Å²) in [5.74, 6) is -1.03. The van der Waals surface area contributed by atoms with Crippen LogP contribution in [0.4, 0.5) is 11.6 Å². The van der Waals surface area contributed by atoms with E-state index in [0.717, 1.165) is 4.90 Å². The topological polar surface area (TPSA) is 136 Å². The van der Waals surface area contributed by atoms with Crippen LogP contribution in [0.1, 0.15) is 20.8 Å². The Morgan fingerprint density at radius 2 is 2.03 bits per heavy atom. The summed E-state index contributed by atoms with van der Waals surface area (Å²) in [6.07, 6.45) is 2.99. The van der Waals surface area contributed by atoms with Crippen molar-refractivity contribution in [2.75, 3.05) is 57.2 Å². The van der Waals surface area contributed by atoms with Crippen LogP contribution in [0.3, 0.4) is 0 Å². The third kappa shape index (κ3) is 4.62. The third-order valence-electron chi connectivity index (χ3n) is 5.20. The molecule has 1 N–H and O–H groups in total. The van der Waals surface area contributed by atoms with Crippen LogP contribution in [-0.2, 0) is 21.3 Å². The lowest BCUT2D eigenvalue weighted by molar-refractivity contribution is -0.141. The van der Waals surface area contributed by atoms with E-state index < -0.39 is 17.8 Å². The average Bonchev–Trinajstić information content (AvgIpc) is 3.42. The van der Waals surface area contributed by atoms with Crippen molar-refractivity contribution in [2.24, 2.45) is 7.05 Å². The lowest BCUT2D eigenvalue weighted by Crippen LogP contribution is -2.36. The molecule has 0 atom stereocenters. The molecule has 0 aromatic carbocycles. The molecular formula is C20H24N8O5. The normalized spacial score (nSPS) is 13.7. The van der Waals surface area contributed by atoms with Crippen LogP contribution < -0.4 is 10.2 Å². The standard InChI is InChI=1S/C20H24N8O5/c1-25(12-16(29)32-3)19(31)14-11-21-26(2)17(14)18(30)22-13-4-5-28-15(10-13)23-20(24-28)27-6-8-33-9-7-27/h4-5,10-11H,6-9,12H2,1-3H3,(H,22,30). The van der Waals surface area contributed by atoms with Gasteiger partial charge in [0.1, 0.15) is 12.2 Å². The number of aromatic nitrogens is 5. The SMILES string of the molecule is COC(=O)CN(C)C(=O)c1cnn(C)c1C(=O)Nc1ccn2nc(N3CCOCC3)nc2c1. The maximum absolute atomic E-state index is 13.0. The molecule has 0 unspecified atom stereocenters. The molecule has 174 valence electrons. The van der Waals surface area contributed by atoms with Gasteiger partial charge in [-0.3, -0.25) is 19.1 Å². The fourth-order valence-electron chi connectivity index (χ4n) is 3.43. The number of fused-ring (bicyclic) bond motifs is 1. The molecular weight excluding hydrogens is 432 g/mol. The van der Waals surface area contributed by atoms with Crippen LogP contribution >= 0.6 is 0 Å². The van der Waals surface area contributed by atoms with Gasteiger partial charge in [-0.2, -0.15) is 10.1 Å². The number of nitrogens with zero attached hydrogens (tertiary/aromatic N) is 7. The van der Waals surface area contributed by atoms with Crippen molar-refractivity contribution in [2.45, 2.75) is 0 Å². The van der Waals surface area contributed by atoms with Gasteiger partial charge < -0.3 is 24.6 Å². The molecule has 0 radical (unpaired) electrons. The summed E-state index contributed by atoms with van der Waals surface area (Å²) in [5, 5.41) is 11.3. The van der Waals surface area contributed by atoms with Gasteiger partial charge in [-0.1, -0.05) is 0 Å². The van der Waals surface area contributed by atoms with Crippen LogP contribution in [0.15, 0.2) is 24.5 Å². The van der Waals surface area contributed by atoms with Crippen LogP contribution in [0.5, 0.6) is 0 Å². The number of carbonyl (C=O) groups is 3. The van der Waals surface area contributed by atoms with Crippen molar-refractivity contribution in [1.29, 1.82) is 0 Å². The second-order valence-corrected chi connectivity index (χ2v) is 7.45. The number of carbonyl (C=O) groups excluding carboxylic acids is 3. The van der Waals surface area contributed by atoms with E-state index in [-0.39, 0.29) is 17.8 Å². The van der Waals surface area contributed by atoms with E-state index in [9.17, 15) is 14.4 Å². The number of rotatable bonds is 6. The van der Waals surface area contributed by atoms with E-state index >= 15 is 0 Å². The summed E-state index contributed by atoms with van der Waals surface area (Å²) in [6, 6.07) is 3.38. The van der Waals surface area contributed by atoms with E-state index in [1.165, 1.54) is 25.0 Å². The van der Waals surface area contributed by atoms with Gasteiger partial charge in [0, 0.05) is 45.1 Å². The monoisotopic (exact) mass is 456 g/mol. The highest BCUT2D eigenvalue weighted by atomic mass is 16.5. The predicted octanol–water partition coefficient (Wildman–Crippen LogP) is -0.203. The lowest BCUT2D eigenvalue weighted by atomic mass is 10.2. The molecule has 13 nitrogen and oxygen atoms in total. The van der Waals surface area contributed by atoms with E-state index in [1.807, 2.05) is 4.90 Å². The van der Waals surface area contributed by atoms with Gasteiger partial charge in [0.15, 0.2) is 5.65 Å². The number of esters is 1. The minimum Gasteiger partial charge on any atom is -0.468 e. The zero-order valence-electron chi connectivity index (χ0n) is 18.5. The molecule has 1 aliphatic heterocycles. The molecule has 3 aromatic rings. The number of hydrogen-bond donors (Lipinski definition) is 1. The lowest BCUT2D eigenvalue weighted by Gasteiger charge is -2.25.